The predicted molar refractivity (Wildman–Crippen MR) is 110 cm³/mol. The van der Waals surface area contributed by atoms with Gasteiger partial charge in [0, 0.05) is 36.8 Å². The van der Waals surface area contributed by atoms with E-state index in [0.717, 1.165) is 0 Å². The van der Waals surface area contributed by atoms with Crippen LogP contribution in [0.1, 0.15) is 34.6 Å². The highest BCUT2D eigenvalue weighted by atomic mass is 16.7. The minimum absolute atomic E-state index is 0.205. The molecule has 0 saturated carbocycles. The Morgan fingerprint density at radius 1 is 0.867 bits per heavy atom. The summed E-state index contributed by atoms with van der Waals surface area (Å²) in [5, 5.41) is 7.98. The van der Waals surface area contributed by atoms with Gasteiger partial charge >= 0.3 is 6.16 Å². The van der Waals surface area contributed by atoms with E-state index in [1.165, 1.54) is 31.2 Å². The molecule has 2 aromatic carbocycles. The van der Waals surface area contributed by atoms with E-state index >= 15 is 0 Å². The van der Waals surface area contributed by atoms with Gasteiger partial charge in [-0.2, -0.15) is 0 Å². The molecule has 0 unspecified atom stereocenters. The van der Waals surface area contributed by atoms with Crippen molar-refractivity contribution < 1.29 is 28.7 Å². The van der Waals surface area contributed by atoms with Crippen molar-refractivity contribution in [3.8, 4) is 5.75 Å². The number of hydrogen-bond donors (Lipinski definition) is 3. The Labute approximate surface area is 173 Å². The Kier molecular flexibility index (Phi) is 8.37. The molecule has 2 rings (SSSR count). The second kappa shape index (κ2) is 11.2. The van der Waals surface area contributed by atoms with Gasteiger partial charge in [-0.1, -0.05) is 6.07 Å². The van der Waals surface area contributed by atoms with Crippen LogP contribution >= 0.6 is 0 Å². The molecule has 0 aromatic heterocycles. The summed E-state index contributed by atoms with van der Waals surface area (Å²) in [7, 11) is 0. The van der Waals surface area contributed by atoms with Crippen molar-refractivity contribution in [3.63, 3.8) is 0 Å². The molecule has 9 nitrogen and oxygen atoms in total. The van der Waals surface area contributed by atoms with Gasteiger partial charge in [0.05, 0.1) is 6.61 Å². The Bertz CT molecular complexity index is 911. The second-order valence-corrected chi connectivity index (χ2v) is 6.08. The van der Waals surface area contributed by atoms with Gasteiger partial charge in [-0.05, 0) is 49.4 Å². The monoisotopic (exact) mass is 413 g/mol. The lowest BCUT2D eigenvalue weighted by molar-refractivity contribution is -0.114. The molecule has 0 heterocycles. The predicted octanol–water partition coefficient (Wildman–Crippen LogP) is 2.34. The van der Waals surface area contributed by atoms with Crippen molar-refractivity contribution in [1.82, 2.24) is 10.6 Å². The first-order valence-electron chi connectivity index (χ1n) is 9.27. The molecular weight excluding hydrogens is 390 g/mol. The second-order valence-electron chi connectivity index (χ2n) is 6.08. The number of carbonyl (C=O) groups excluding carboxylic acids is 4. The lowest BCUT2D eigenvalue weighted by atomic mass is 10.2. The summed E-state index contributed by atoms with van der Waals surface area (Å²) < 4.78 is 9.59. The number of ether oxygens (including phenoxy) is 2. The van der Waals surface area contributed by atoms with Crippen LogP contribution in [0, 0.1) is 0 Å². The number of amides is 3. The van der Waals surface area contributed by atoms with Crippen LogP contribution in [-0.2, 0) is 9.53 Å². The first kappa shape index (κ1) is 22.4. The van der Waals surface area contributed by atoms with E-state index in [0.29, 0.717) is 16.8 Å². The Morgan fingerprint density at radius 3 is 2.10 bits per heavy atom. The molecule has 30 heavy (non-hydrogen) atoms. The van der Waals surface area contributed by atoms with Crippen LogP contribution in [0.2, 0.25) is 0 Å². The zero-order valence-electron chi connectivity index (χ0n) is 16.7. The summed E-state index contributed by atoms with van der Waals surface area (Å²) in [6.45, 7) is 3.70. The van der Waals surface area contributed by atoms with E-state index < -0.39 is 6.16 Å². The summed E-state index contributed by atoms with van der Waals surface area (Å²) in [5.74, 6) is -0.619. The van der Waals surface area contributed by atoms with Gasteiger partial charge < -0.3 is 25.4 Å². The highest BCUT2D eigenvalue weighted by Crippen LogP contribution is 2.13. The van der Waals surface area contributed by atoms with E-state index in [9.17, 15) is 19.2 Å². The lowest BCUT2D eigenvalue weighted by Crippen LogP contribution is -2.34. The van der Waals surface area contributed by atoms with Crippen molar-refractivity contribution in [2.45, 2.75) is 13.8 Å². The zero-order chi connectivity index (χ0) is 21.9. The number of anilines is 1. The Morgan fingerprint density at radius 2 is 1.50 bits per heavy atom. The minimum Gasteiger partial charge on any atom is -0.434 e. The van der Waals surface area contributed by atoms with E-state index in [-0.39, 0.29) is 43.2 Å². The van der Waals surface area contributed by atoms with Crippen LogP contribution in [0.4, 0.5) is 10.5 Å². The van der Waals surface area contributed by atoms with Crippen LogP contribution in [0.3, 0.4) is 0 Å². The highest BCUT2D eigenvalue weighted by Gasteiger charge is 2.09. The number of carbonyl (C=O) groups is 4. The van der Waals surface area contributed by atoms with Crippen LogP contribution in [0.15, 0.2) is 48.5 Å². The van der Waals surface area contributed by atoms with Gasteiger partial charge in [0.2, 0.25) is 5.91 Å². The first-order valence-corrected chi connectivity index (χ1v) is 9.27. The molecule has 0 radical (unpaired) electrons. The van der Waals surface area contributed by atoms with Crippen molar-refractivity contribution >= 4 is 29.6 Å². The van der Waals surface area contributed by atoms with Crippen molar-refractivity contribution in [1.29, 1.82) is 0 Å². The average molecular weight is 413 g/mol. The SMILES string of the molecule is CCOC(=O)Oc1ccc(C(=O)NCCNC(=O)c2cccc(NC(C)=O)c2)cc1. The molecule has 3 N–H and O–H groups in total. The number of nitrogens with one attached hydrogen (secondary N) is 3. The summed E-state index contributed by atoms with van der Waals surface area (Å²) >= 11 is 0. The largest absolute Gasteiger partial charge is 0.513 e. The van der Waals surface area contributed by atoms with Gasteiger partial charge in [-0.3, -0.25) is 14.4 Å². The molecule has 0 atom stereocenters. The molecule has 9 heteroatoms. The lowest BCUT2D eigenvalue weighted by Gasteiger charge is -2.09. The summed E-state index contributed by atoms with van der Waals surface area (Å²) in [6.07, 6.45) is -0.812. The standard InChI is InChI=1S/C21H23N3O6/c1-3-29-21(28)30-18-9-7-15(8-10-18)19(26)22-11-12-23-20(27)16-5-4-6-17(13-16)24-14(2)25/h4-10,13H,3,11-12H2,1-2H3,(H,22,26)(H,23,27)(H,24,25). The third-order valence-corrected chi connectivity index (χ3v) is 3.72. The molecule has 0 aliphatic rings. The fraction of sp³-hybridized carbons (Fsp3) is 0.238. The fourth-order valence-electron chi connectivity index (χ4n) is 2.42. The maximum Gasteiger partial charge on any atom is 0.513 e. The van der Waals surface area contributed by atoms with Gasteiger partial charge in [-0.25, -0.2) is 4.79 Å². The number of rotatable bonds is 8. The van der Waals surface area contributed by atoms with Crippen molar-refractivity contribution in [3.05, 3.63) is 59.7 Å². The van der Waals surface area contributed by atoms with Crippen LogP contribution in [-0.4, -0.2) is 43.6 Å². The van der Waals surface area contributed by atoms with Crippen LogP contribution in [0.5, 0.6) is 5.75 Å². The van der Waals surface area contributed by atoms with Crippen molar-refractivity contribution in [2.75, 3.05) is 25.0 Å². The van der Waals surface area contributed by atoms with E-state index in [4.69, 9.17) is 4.74 Å². The molecular formula is C21H23N3O6. The maximum absolute atomic E-state index is 12.2. The molecule has 0 fully saturated rings. The normalized spacial score (nSPS) is 9.93. The third kappa shape index (κ3) is 7.27. The smallest absolute Gasteiger partial charge is 0.434 e. The minimum atomic E-state index is -0.812. The molecule has 158 valence electrons. The van der Waals surface area contributed by atoms with Gasteiger partial charge in [-0.15, -0.1) is 0 Å². The van der Waals surface area contributed by atoms with Gasteiger partial charge in [0.15, 0.2) is 0 Å². The third-order valence-electron chi connectivity index (χ3n) is 3.72. The summed E-state index contributed by atoms with van der Waals surface area (Å²) in [6, 6.07) is 12.5. The number of benzene rings is 2. The topological polar surface area (TPSA) is 123 Å². The first-order chi connectivity index (χ1) is 14.4. The molecule has 0 bridgehead atoms. The van der Waals surface area contributed by atoms with E-state index in [1.54, 1.807) is 31.2 Å². The Hall–Kier alpha value is -3.88. The maximum atomic E-state index is 12.2. The molecule has 0 aliphatic heterocycles. The molecule has 0 aliphatic carbocycles. The Balaban J connectivity index is 1.77. The molecule has 3 amide bonds. The molecule has 0 spiro atoms. The van der Waals surface area contributed by atoms with E-state index in [2.05, 4.69) is 20.7 Å². The number of hydrogen-bond acceptors (Lipinski definition) is 6. The molecule has 0 saturated heterocycles. The van der Waals surface area contributed by atoms with Crippen molar-refractivity contribution in [2.24, 2.45) is 0 Å². The van der Waals surface area contributed by atoms with E-state index in [1.807, 2.05) is 0 Å². The fourth-order valence-corrected chi connectivity index (χ4v) is 2.42. The van der Waals surface area contributed by atoms with Crippen LogP contribution < -0.4 is 20.7 Å². The highest BCUT2D eigenvalue weighted by molar-refractivity contribution is 5.97. The van der Waals surface area contributed by atoms with Gasteiger partial charge in [0.1, 0.15) is 5.75 Å². The quantitative estimate of drug-likeness (QED) is 0.347. The summed E-state index contributed by atoms with van der Waals surface area (Å²) in [5.41, 5.74) is 1.30. The van der Waals surface area contributed by atoms with Crippen LogP contribution in [0.25, 0.3) is 0 Å². The molecule has 2 aromatic rings. The van der Waals surface area contributed by atoms with Gasteiger partial charge in [0.25, 0.3) is 11.8 Å². The zero-order valence-corrected chi connectivity index (χ0v) is 16.7. The average Bonchev–Trinajstić information content (AvgIpc) is 2.71. The summed E-state index contributed by atoms with van der Waals surface area (Å²) in [4.78, 5) is 46.7.